The number of hydrogen-bond acceptors (Lipinski definition) is 5. The number of fused-ring (bicyclic) bond motifs is 3. The maximum Gasteiger partial charge on any atom is 0.113 e. The van der Waals surface area contributed by atoms with Gasteiger partial charge >= 0.3 is 0 Å². The highest BCUT2D eigenvalue weighted by Crippen LogP contribution is 2.40. The molecule has 2 aromatic carbocycles. The van der Waals surface area contributed by atoms with E-state index in [4.69, 9.17) is 4.84 Å². The lowest BCUT2D eigenvalue weighted by atomic mass is 9.87. The minimum Gasteiger partial charge on any atom is -0.268 e. The molecule has 5 rings (SSSR count). The van der Waals surface area contributed by atoms with Crippen LogP contribution in [0.3, 0.4) is 0 Å². The van der Waals surface area contributed by atoms with Crippen LogP contribution in [0, 0.1) is 16.7 Å². The summed E-state index contributed by atoms with van der Waals surface area (Å²) in [5.74, 6) is 0. The molecule has 0 fully saturated rings. The van der Waals surface area contributed by atoms with Gasteiger partial charge in [-0.3, -0.25) is 20.3 Å². The van der Waals surface area contributed by atoms with Gasteiger partial charge in [0.15, 0.2) is 0 Å². The van der Waals surface area contributed by atoms with Crippen LogP contribution < -0.4 is 5.48 Å². The number of nitrogens with zero attached hydrogens (tertiary/aromatic N) is 3. The molecule has 2 aromatic heterocycles. The minimum absolute atomic E-state index is 0.0492. The van der Waals surface area contributed by atoms with Crippen molar-refractivity contribution in [2.45, 2.75) is 39.2 Å². The first kappa shape index (κ1) is 21.1. The lowest BCUT2D eigenvalue weighted by Gasteiger charge is -2.15. The lowest BCUT2D eigenvalue weighted by molar-refractivity contribution is 0.115. The molecule has 0 amide bonds. The highest BCUT2D eigenvalue weighted by atomic mass is 16.7. The number of aryl methyl sites for hydroxylation is 1. The molecule has 1 unspecified atom stereocenters. The number of anilines is 1. The molecule has 0 saturated carbocycles. The average Bonchev–Trinajstić information content (AvgIpc) is 3.27. The van der Waals surface area contributed by atoms with Crippen molar-refractivity contribution >= 4 is 16.6 Å². The minimum atomic E-state index is -0.349. The largest absolute Gasteiger partial charge is 0.268 e. The van der Waals surface area contributed by atoms with Gasteiger partial charge in [-0.25, -0.2) is 0 Å². The van der Waals surface area contributed by atoms with E-state index in [-0.39, 0.29) is 11.5 Å². The molecule has 1 aliphatic heterocycles. The molecule has 33 heavy (non-hydrogen) atoms. The standard InChI is InChI=1S/C28H26N4O/c1-28(2,18-29)15-20-7-5-19(6-8-20)9-12-26-27-23-14-21(22-4-3-13-30-16-22)10-11-24(23)31-17-25(27)32-33-26/h3-8,10-11,13-14,16-17,26,32H,9,12,15H2,1-2H3. The number of benzene rings is 2. The van der Waals surface area contributed by atoms with E-state index in [9.17, 15) is 5.26 Å². The Bertz CT molecular complexity index is 1320. The van der Waals surface area contributed by atoms with Crippen molar-refractivity contribution in [2.75, 3.05) is 5.48 Å². The van der Waals surface area contributed by atoms with E-state index in [0.717, 1.165) is 52.5 Å². The van der Waals surface area contributed by atoms with Crippen LogP contribution in [0.1, 0.15) is 43.1 Å². The Morgan fingerprint density at radius 2 is 1.85 bits per heavy atom. The van der Waals surface area contributed by atoms with Gasteiger partial charge in [-0.15, -0.1) is 0 Å². The number of aromatic nitrogens is 2. The SMILES string of the molecule is CC(C)(C#N)Cc1ccc(CCC2ONc3cnc4ccc(-c5cccnc5)cc4c32)cc1. The van der Waals surface area contributed by atoms with E-state index in [1.165, 1.54) is 11.1 Å². The molecule has 1 atom stereocenters. The van der Waals surface area contributed by atoms with Crippen LogP contribution in [-0.2, 0) is 17.7 Å². The Kier molecular flexibility index (Phi) is 5.53. The molecule has 5 heteroatoms. The fourth-order valence-corrected chi connectivity index (χ4v) is 4.42. The van der Waals surface area contributed by atoms with Crippen LogP contribution in [0.25, 0.3) is 22.0 Å². The molecule has 3 heterocycles. The van der Waals surface area contributed by atoms with Crippen LogP contribution in [0.15, 0.2) is 73.2 Å². The fraction of sp³-hybridized carbons (Fsp3) is 0.250. The third-order valence-electron chi connectivity index (χ3n) is 6.20. The van der Waals surface area contributed by atoms with E-state index < -0.39 is 0 Å². The zero-order valence-corrected chi connectivity index (χ0v) is 18.9. The van der Waals surface area contributed by atoms with E-state index in [1.54, 1.807) is 6.20 Å². The normalized spacial score (nSPS) is 15.1. The first-order chi connectivity index (χ1) is 16.0. The van der Waals surface area contributed by atoms with Crippen LogP contribution in [0.4, 0.5) is 5.69 Å². The molecular weight excluding hydrogens is 408 g/mol. The lowest BCUT2D eigenvalue weighted by Crippen LogP contribution is -2.11. The third-order valence-corrected chi connectivity index (χ3v) is 6.20. The highest BCUT2D eigenvalue weighted by molar-refractivity contribution is 5.91. The van der Waals surface area contributed by atoms with Gasteiger partial charge in [-0.05, 0) is 68.0 Å². The Morgan fingerprint density at radius 1 is 1.03 bits per heavy atom. The first-order valence-electron chi connectivity index (χ1n) is 11.3. The third kappa shape index (κ3) is 4.44. The monoisotopic (exact) mass is 434 g/mol. The molecule has 0 aliphatic carbocycles. The van der Waals surface area contributed by atoms with Gasteiger partial charge in [0, 0.05) is 28.9 Å². The van der Waals surface area contributed by atoms with Crippen molar-refractivity contribution in [1.29, 1.82) is 5.26 Å². The molecule has 0 radical (unpaired) electrons. The molecule has 0 saturated heterocycles. The number of hydrogen-bond donors (Lipinski definition) is 1. The summed E-state index contributed by atoms with van der Waals surface area (Å²) >= 11 is 0. The van der Waals surface area contributed by atoms with Crippen molar-refractivity contribution in [3.8, 4) is 17.2 Å². The van der Waals surface area contributed by atoms with Gasteiger partial charge < -0.3 is 0 Å². The van der Waals surface area contributed by atoms with Gasteiger partial charge in [0.05, 0.1) is 28.9 Å². The van der Waals surface area contributed by atoms with E-state index in [2.05, 4.69) is 70.0 Å². The second kappa shape index (κ2) is 8.65. The van der Waals surface area contributed by atoms with Crippen LogP contribution in [0.5, 0.6) is 0 Å². The summed E-state index contributed by atoms with van der Waals surface area (Å²) in [6, 6.07) is 21.3. The van der Waals surface area contributed by atoms with Crippen LogP contribution in [-0.4, -0.2) is 9.97 Å². The van der Waals surface area contributed by atoms with Crippen molar-refractivity contribution in [1.82, 2.24) is 9.97 Å². The first-order valence-corrected chi connectivity index (χ1v) is 11.3. The zero-order valence-electron chi connectivity index (χ0n) is 18.9. The maximum atomic E-state index is 9.28. The number of pyridine rings is 2. The highest BCUT2D eigenvalue weighted by Gasteiger charge is 2.26. The maximum absolute atomic E-state index is 9.28. The van der Waals surface area contributed by atoms with Gasteiger partial charge in [0.1, 0.15) is 6.10 Å². The average molecular weight is 435 g/mol. The quantitative estimate of drug-likeness (QED) is 0.379. The topological polar surface area (TPSA) is 70.8 Å². The van der Waals surface area contributed by atoms with E-state index >= 15 is 0 Å². The van der Waals surface area contributed by atoms with Crippen molar-refractivity contribution in [2.24, 2.45) is 5.41 Å². The number of nitrogens with one attached hydrogen (secondary N) is 1. The molecular formula is C28H26N4O. The second-order valence-corrected chi connectivity index (χ2v) is 9.30. The summed E-state index contributed by atoms with van der Waals surface area (Å²) in [6.07, 6.45) is 7.99. The van der Waals surface area contributed by atoms with Crippen LogP contribution in [0.2, 0.25) is 0 Å². The van der Waals surface area contributed by atoms with E-state index in [1.807, 2.05) is 32.3 Å². The Labute approximate surface area is 194 Å². The Morgan fingerprint density at radius 3 is 2.61 bits per heavy atom. The van der Waals surface area contributed by atoms with Crippen molar-refractivity contribution in [3.05, 3.63) is 89.9 Å². The van der Waals surface area contributed by atoms with Gasteiger partial charge in [-0.2, -0.15) is 5.26 Å². The van der Waals surface area contributed by atoms with Gasteiger partial charge in [-0.1, -0.05) is 36.4 Å². The van der Waals surface area contributed by atoms with Gasteiger partial charge in [0.2, 0.25) is 0 Å². The molecule has 1 aliphatic rings. The number of nitriles is 1. The Hall–Kier alpha value is -3.75. The predicted octanol–water partition coefficient (Wildman–Crippen LogP) is 6.42. The van der Waals surface area contributed by atoms with Crippen LogP contribution >= 0.6 is 0 Å². The smallest absolute Gasteiger partial charge is 0.113 e. The molecule has 4 aromatic rings. The summed E-state index contributed by atoms with van der Waals surface area (Å²) in [5, 5.41) is 10.4. The molecule has 0 spiro atoms. The summed E-state index contributed by atoms with van der Waals surface area (Å²) < 4.78 is 0. The Balaban J connectivity index is 1.37. The van der Waals surface area contributed by atoms with Gasteiger partial charge in [0.25, 0.3) is 0 Å². The van der Waals surface area contributed by atoms with Crippen molar-refractivity contribution in [3.63, 3.8) is 0 Å². The molecule has 5 nitrogen and oxygen atoms in total. The second-order valence-electron chi connectivity index (χ2n) is 9.30. The van der Waals surface area contributed by atoms with E-state index in [0.29, 0.717) is 0 Å². The fourth-order valence-electron chi connectivity index (χ4n) is 4.42. The number of rotatable bonds is 6. The van der Waals surface area contributed by atoms with Crippen molar-refractivity contribution < 1.29 is 4.84 Å². The predicted molar refractivity (Wildman–Crippen MR) is 130 cm³/mol. The summed E-state index contributed by atoms with van der Waals surface area (Å²) in [4.78, 5) is 14.8. The summed E-state index contributed by atoms with van der Waals surface area (Å²) in [5.41, 5.74) is 10.4. The molecule has 1 N–H and O–H groups in total. The molecule has 0 bridgehead atoms. The summed E-state index contributed by atoms with van der Waals surface area (Å²) in [6.45, 7) is 3.95. The zero-order chi connectivity index (χ0) is 22.8. The molecule has 164 valence electrons. The summed E-state index contributed by atoms with van der Waals surface area (Å²) in [7, 11) is 0.